The predicted molar refractivity (Wildman–Crippen MR) is 168 cm³/mol. The molecule has 9 nitrogen and oxygen atoms in total. The molecule has 1 aliphatic carbocycles. The van der Waals surface area contributed by atoms with Gasteiger partial charge in [-0.3, -0.25) is 4.79 Å². The number of benzene rings is 2. The molecule has 4 aromatic rings. The molecule has 3 heterocycles. The summed E-state index contributed by atoms with van der Waals surface area (Å²) in [6.07, 6.45) is 4.44. The molecule has 0 spiro atoms. The van der Waals surface area contributed by atoms with Gasteiger partial charge in [0.15, 0.2) is 5.79 Å². The number of aryl methyl sites for hydroxylation is 1. The van der Waals surface area contributed by atoms with Crippen molar-refractivity contribution in [2.45, 2.75) is 63.7 Å². The van der Waals surface area contributed by atoms with Crippen molar-refractivity contribution in [1.29, 1.82) is 0 Å². The van der Waals surface area contributed by atoms with Crippen LogP contribution in [0.1, 0.15) is 54.2 Å². The number of nitrogens with one attached hydrogen (secondary N) is 2. The molecule has 1 amide bonds. The van der Waals surface area contributed by atoms with Gasteiger partial charge in [-0.25, -0.2) is 9.98 Å². The summed E-state index contributed by atoms with van der Waals surface area (Å²) >= 11 is 0. The molecule has 9 heteroatoms. The second-order valence-corrected chi connectivity index (χ2v) is 11.8. The van der Waals surface area contributed by atoms with Crippen LogP contribution in [0.2, 0.25) is 0 Å². The first-order valence-electron chi connectivity index (χ1n) is 14.8. The Morgan fingerprint density at radius 1 is 1.09 bits per heavy atom. The molecule has 2 aromatic heterocycles. The van der Waals surface area contributed by atoms with E-state index in [4.69, 9.17) is 19.2 Å². The van der Waals surface area contributed by atoms with Gasteiger partial charge in [0.2, 0.25) is 0 Å². The molecule has 2 aliphatic rings. The van der Waals surface area contributed by atoms with Crippen LogP contribution < -0.4 is 15.4 Å². The summed E-state index contributed by atoms with van der Waals surface area (Å²) in [6.45, 7) is 8.36. The molecule has 0 unspecified atom stereocenters. The summed E-state index contributed by atoms with van der Waals surface area (Å²) in [5, 5.41) is 7.24. The number of carbonyl (C=O) groups excluding carboxylic acids is 1. The van der Waals surface area contributed by atoms with E-state index in [0.29, 0.717) is 17.9 Å². The smallest absolute Gasteiger partial charge is 0.254 e. The number of ether oxygens (including phenoxy) is 3. The largest absolute Gasteiger partial charge is 0.497 e. The summed E-state index contributed by atoms with van der Waals surface area (Å²) < 4.78 is 20.2. The molecule has 0 bridgehead atoms. The van der Waals surface area contributed by atoms with Gasteiger partial charge >= 0.3 is 0 Å². The molecule has 2 fully saturated rings. The van der Waals surface area contributed by atoms with Crippen molar-refractivity contribution in [2.75, 3.05) is 19.5 Å². The molecular formula is C34H39N5O4. The monoisotopic (exact) mass is 581 g/mol. The normalized spacial score (nSPS) is 22.3. The number of rotatable bonds is 10. The maximum Gasteiger partial charge on any atom is 0.254 e. The van der Waals surface area contributed by atoms with Crippen molar-refractivity contribution < 1.29 is 19.0 Å². The number of fused-ring (bicyclic) bond motifs is 2. The van der Waals surface area contributed by atoms with Gasteiger partial charge in [0.05, 0.1) is 30.3 Å². The number of pyridine rings is 1. The minimum atomic E-state index is -0.674. The lowest BCUT2D eigenvalue weighted by atomic mass is 9.95. The molecule has 1 aliphatic heterocycles. The third kappa shape index (κ3) is 5.87. The van der Waals surface area contributed by atoms with Crippen LogP contribution in [0.25, 0.3) is 10.9 Å². The van der Waals surface area contributed by atoms with Crippen LogP contribution in [0.15, 0.2) is 71.9 Å². The van der Waals surface area contributed by atoms with Crippen LogP contribution in [0.3, 0.4) is 0 Å². The van der Waals surface area contributed by atoms with Crippen molar-refractivity contribution in [2.24, 2.45) is 10.9 Å². The number of aliphatic imine (C=N–C) groups is 1. The maximum absolute atomic E-state index is 12.4. The van der Waals surface area contributed by atoms with Crippen LogP contribution in [0.4, 0.5) is 11.6 Å². The van der Waals surface area contributed by atoms with Crippen molar-refractivity contribution >= 4 is 35.2 Å². The van der Waals surface area contributed by atoms with Crippen LogP contribution in [0, 0.1) is 5.92 Å². The van der Waals surface area contributed by atoms with Crippen molar-refractivity contribution in [3.8, 4) is 5.75 Å². The standard InChI is InChI=1S/C34H39N5O4/c1-34(2)42-30-24(19-28(31(30)43-34)39-17-16-26(32(39)35-3)33(40)36-4)11-7-21-6-10-23-12-15-29(38-27(23)18-21)37-20-22-8-13-25(41-5)14-9-22/h6,8-10,12-18,24,28,30-31H,3,7,11,19-20H2,1-2,4-5H3,(H,36,40)(H,37,38)/t24-,28+,30+,31-/m0/s1. The van der Waals surface area contributed by atoms with Crippen LogP contribution >= 0.6 is 0 Å². The first kappa shape index (κ1) is 28.9. The van der Waals surface area contributed by atoms with Crippen LogP contribution in [-0.2, 0) is 22.4 Å². The summed E-state index contributed by atoms with van der Waals surface area (Å²) in [6, 6.07) is 20.5. The minimum Gasteiger partial charge on any atom is -0.497 e. The second-order valence-electron chi connectivity index (χ2n) is 11.8. The zero-order valence-electron chi connectivity index (χ0n) is 25.2. The second kappa shape index (κ2) is 11.8. The summed E-state index contributed by atoms with van der Waals surface area (Å²) in [7, 11) is 3.29. The Morgan fingerprint density at radius 3 is 2.58 bits per heavy atom. The van der Waals surface area contributed by atoms with E-state index in [2.05, 4.69) is 58.7 Å². The molecule has 2 aromatic carbocycles. The third-order valence-electron chi connectivity index (χ3n) is 8.61. The van der Waals surface area contributed by atoms with Gasteiger partial charge in [0, 0.05) is 25.2 Å². The van der Waals surface area contributed by atoms with Crippen molar-refractivity contribution in [3.63, 3.8) is 0 Å². The fourth-order valence-corrected chi connectivity index (χ4v) is 6.50. The van der Waals surface area contributed by atoms with E-state index >= 15 is 0 Å². The maximum atomic E-state index is 12.4. The highest BCUT2D eigenvalue weighted by atomic mass is 16.8. The fraction of sp³-hybridized carbons (Fsp3) is 0.382. The Kier molecular flexibility index (Phi) is 7.94. The molecule has 2 N–H and O–H groups in total. The lowest BCUT2D eigenvalue weighted by Gasteiger charge is -2.25. The van der Waals surface area contributed by atoms with E-state index < -0.39 is 5.79 Å². The van der Waals surface area contributed by atoms with E-state index in [1.807, 2.05) is 42.8 Å². The van der Waals surface area contributed by atoms with E-state index in [9.17, 15) is 4.79 Å². The number of anilines is 1. The Morgan fingerprint density at radius 2 is 1.84 bits per heavy atom. The number of hydrogen-bond acceptors (Lipinski definition) is 7. The molecule has 1 saturated heterocycles. The topological polar surface area (TPSA) is 99.0 Å². The summed E-state index contributed by atoms with van der Waals surface area (Å²) in [5.74, 6) is 1.68. The Balaban J connectivity index is 1.16. The van der Waals surface area contributed by atoms with Gasteiger partial charge in [0.1, 0.15) is 23.5 Å². The van der Waals surface area contributed by atoms with E-state index in [0.717, 1.165) is 47.3 Å². The minimum absolute atomic E-state index is 0.00622. The van der Waals surface area contributed by atoms with Gasteiger partial charge in [-0.05, 0) is 93.3 Å². The molecule has 224 valence electrons. The molecule has 0 radical (unpaired) electrons. The van der Waals surface area contributed by atoms with E-state index in [1.165, 1.54) is 5.56 Å². The summed E-state index contributed by atoms with van der Waals surface area (Å²) in [5.41, 5.74) is 3.88. The highest BCUT2D eigenvalue weighted by Crippen LogP contribution is 2.49. The quantitative estimate of drug-likeness (QED) is 0.221. The number of nitrogens with zero attached hydrogens (tertiary/aromatic N) is 3. The molecular weight excluding hydrogens is 542 g/mol. The third-order valence-corrected chi connectivity index (χ3v) is 8.61. The molecule has 6 rings (SSSR count). The number of aromatic nitrogens is 2. The first-order valence-corrected chi connectivity index (χ1v) is 14.8. The van der Waals surface area contributed by atoms with Gasteiger partial charge in [0.25, 0.3) is 5.91 Å². The van der Waals surface area contributed by atoms with Crippen molar-refractivity contribution in [1.82, 2.24) is 14.9 Å². The summed E-state index contributed by atoms with van der Waals surface area (Å²) in [4.78, 5) is 21.6. The highest BCUT2D eigenvalue weighted by molar-refractivity contribution is 5.98. The highest BCUT2D eigenvalue weighted by Gasteiger charge is 2.54. The number of hydrogen-bond donors (Lipinski definition) is 2. The molecule has 43 heavy (non-hydrogen) atoms. The van der Waals surface area contributed by atoms with Crippen LogP contribution in [0.5, 0.6) is 5.75 Å². The molecule has 1 saturated carbocycles. The van der Waals surface area contributed by atoms with E-state index in [-0.39, 0.29) is 30.1 Å². The SMILES string of the molecule is C=Nc1c(C(=O)NC)ccn1[C@@H]1C[C@H](CCc2ccc3ccc(NCc4ccc(OC)cc4)nc3c2)[C@H]2OC(C)(C)O[C@H]21. The van der Waals surface area contributed by atoms with Gasteiger partial charge < -0.3 is 29.4 Å². The number of carbonyl (C=O) groups is 1. The number of methoxy groups -OCH3 is 1. The zero-order valence-corrected chi connectivity index (χ0v) is 25.2. The van der Waals surface area contributed by atoms with Gasteiger partial charge in [-0.1, -0.05) is 24.3 Å². The van der Waals surface area contributed by atoms with Gasteiger partial charge in [-0.15, -0.1) is 0 Å². The van der Waals surface area contributed by atoms with Gasteiger partial charge in [-0.2, -0.15) is 0 Å². The first-order chi connectivity index (χ1) is 20.8. The average molecular weight is 582 g/mol. The predicted octanol–water partition coefficient (Wildman–Crippen LogP) is 6.06. The lowest BCUT2D eigenvalue weighted by Crippen LogP contribution is -2.27. The Bertz CT molecular complexity index is 1630. The number of amides is 1. The lowest BCUT2D eigenvalue weighted by molar-refractivity contribution is -0.160. The van der Waals surface area contributed by atoms with E-state index in [1.54, 1.807) is 20.2 Å². The van der Waals surface area contributed by atoms with Crippen LogP contribution in [-0.4, -0.2) is 54.3 Å². The Labute approximate surface area is 252 Å². The fourth-order valence-electron chi connectivity index (χ4n) is 6.50. The Hall–Kier alpha value is -4.21. The zero-order chi connectivity index (χ0) is 30.1. The average Bonchev–Trinajstić information content (AvgIpc) is 3.68. The molecule has 4 atom stereocenters. The van der Waals surface area contributed by atoms with Crippen molar-refractivity contribution in [3.05, 3.63) is 83.6 Å².